The summed E-state index contributed by atoms with van der Waals surface area (Å²) in [6, 6.07) is 7.78. The van der Waals surface area contributed by atoms with Crippen molar-refractivity contribution in [1.82, 2.24) is 14.8 Å². The molecule has 0 aliphatic carbocycles. The number of carbonyl (C=O) groups is 1. The number of anilines is 1. The number of benzene rings is 1. The number of nitrogens with two attached hydrogens (primary N) is 1. The second-order valence-electron chi connectivity index (χ2n) is 7.03. The molecule has 7 nitrogen and oxygen atoms in total. The van der Waals surface area contributed by atoms with Gasteiger partial charge in [0.1, 0.15) is 11.9 Å². The third kappa shape index (κ3) is 4.31. The lowest BCUT2D eigenvalue weighted by Crippen LogP contribution is -2.29. The van der Waals surface area contributed by atoms with Crippen molar-refractivity contribution in [3.63, 3.8) is 0 Å². The number of hydrogen-bond donors (Lipinski definition) is 2. The highest BCUT2D eigenvalue weighted by molar-refractivity contribution is 5.94. The van der Waals surface area contributed by atoms with E-state index in [0.29, 0.717) is 13.0 Å². The number of rotatable bonds is 4. The summed E-state index contributed by atoms with van der Waals surface area (Å²) in [5.74, 6) is 1.82. The molecule has 1 aromatic heterocycles. The zero-order chi connectivity index (χ0) is 17.9. The molecular weight excluding hydrogens is 366 g/mol. The number of fused-ring (bicyclic) bond motifs is 1. The Morgan fingerprint density at radius 3 is 2.96 bits per heavy atom. The maximum Gasteiger partial charge on any atom is 0.253 e. The standard InChI is InChI=1S/C19H25N5O2.ClH/c20-12-15-8-9-16(26-15)19(25)21-14-6-4-5-13(11-14)18-23-22-17-7-2-1-3-10-24(17)18;/h4-6,11,15-16H,1-3,7-10,12,20H2,(H,21,25);1H/t15-,16+;/m1./s1. The van der Waals surface area contributed by atoms with E-state index >= 15 is 0 Å². The van der Waals surface area contributed by atoms with Gasteiger partial charge in [0, 0.05) is 30.8 Å². The highest BCUT2D eigenvalue weighted by atomic mass is 35.5. The lowest BCUT2D eigenvalue weighted by molar-refractivity contribution is -0.126. The van der Waals surface area contributed by atoms with E-state index in [1.165, 1.54) is 12.8 Å². The lowest BCUT2D eigenvalue weighted by atomic mass is 10.1. The van der Waals surface area contributed by atoms with Crippen molar-refractivity contribution >= 4 is 24.0 Å². The fourth-order valence-corrected chi connectivity index (χ4v) is 3.73. The van der Waals surface area contributed by atoms with E-state index in [4.69, 9.17) is 10.5 Å². The number of ether oxygens (including phenoxy) is 1. The van der Waals surface area contributed by atoms with Crippen LogP contribution in [-0.2, 0) is 22.5 Å². The molecule has 2 aliphatic rings. The number of amides is 1. The van der Waals surface area contributed by atoms with Gasteiger partial charge in [-0.05, 0) is 37.8 Å². The molecule has 2 aromatic rings. The van der Waals surface area contributed by atoms with Crippen LogP contribution in [0.1, 0.15) is 37.9 Å². The van der Waals surface area contributed by atoms with Gasteiger partial charge >= 0.3 is 0 Å². The summed E-state index contributed by atoms with van der Waals surface area (Å²) in [5, 5.41) is 11.7. The van der Waals surface area contributed by atoms with Crippen molar-refractivity contribution in [2.45, 2.75) is 57.3 Å². The molecule has 1 amide bonds. The predicted octanol–water partition coefficient (Wildman–Crippen LogP) is 2.54. The Balaban J connectivity index is 0.00000210. The number of nitrogens with zero attached hydrogens (tertiary/aromatic N) is 3. The van der Waals surface area contributed by atoms with Crippen molar-refractivity contribution < 1.29 is 9.53 Å². The zero-order valence-electron chi connectivity index (χ0n) is 15.3. The van der Waals surface area contributed by atoms with Gasteiger partial charge in [0.25, 0.3) is 5.91 Å². The van der Waals surface area contributed by atoms with Crippen LogP contribution < -0.4 is 11.1 Å². The molecule has 3 N–H and O–H groups in total. The van der Waals surface area contributed by atoms with Gasteiger partial charge in [-0.2, -0.15) is 0 Å². The van der Waals surface area contributed by atoms with E-state index in [9.17, 15) is 4.79 Å². The molecule has 3 heterocycles. The second-order valence-corrected chi connectivity index (χ2v) is 7.03. The molecule has 0 spiro atoms. The first-order chi connectivity index (χ1) is 12.7. The Kier molecular flexibility index (Phi) is 6.46. The molecule has 0 unspecified atom stereocenters. The first kappa shape index (κ1) is 19.8. The van der Waals surface area contributed by atoms with E-state index in [1.54, 1.807) is 0 Å². The van der Waals surface area contributed by atoms with Gasteiger partial charge < -0.3 is 20.4 Å². The van der Waals surface area contributed by atoms with Crippen LogP contribution in [-0.4, -0.2) is 39.4 Å². The third-order valence-electron chi connectivity index (χ3n) is 5.16. The van der Waals surface area contributed by atoms with Crippen LogP contribution in [0.4, 0.5) is 5.69 Å². The smallest absolute Gasteiger partial charge is 0.253 e. The lowest BCUT2D eigenvalue weighted by Gasteiger charge is -2.13. The molecule has 4 rings (SSSR count). The fraction of sp³-hybridized carbons (Fsp3) is 0.526. The van der Waals surface area contributed by atoms with Crippen LogP contribution in [0.15, 0.2) is 24.3 Å². The first-order valence-corrected chi connectivity index (χ1v) is 9.43. The van der Waals surface area contributed by atoms with Crippen molar-refractivity contribution in [3.05, 3.63) is 30.1 Å². The second kappa shape index (κ2) is 8.82. The van der Waals surface area contributed by atoms with E-state index in [-0.39, 0.29) is 24.4 Å². The molecule has 2 atom stereocenters. The fourth-order valence-electron chi connectivity index (χ4n) is 3.73. The number of halogens is 1. The Bertz CT molecular complexity index is 794. The minimum atomic E-state index is -0.420. The van der Waals surface area contributed by atoms with E-state index in [1.807, 2.05) is 24.3 Å². The summed E-state index contributed by atoms with van der Waals surface area (Å²) < 4.78 is 7.88. The monoisotopic (exact) mass is 391 g/mol. The van der Waals surface area contributed by atoms with Gasteiger partial charge in [0.15, 0.2) is 5.82 Å². The molecule has 0 saturated carbocycles. The minimum Gasteiger partial charge on any atom is -0.364 e. The number of aryl methyl sites for hydroxylation is 1. The van der Waals surface area contributed by atoms with Gasteiger partial charge in [0.05, 0.1) is 6.10 Å². The van der Waals surface area contributed by atoms with Gasteiger partial charge in [-0.1, -0.05) is 18.6 Å². The normalized spacial score (nSPS) is 21.8. The highest BCUT2D eigenvalue weighted by Crippen LogP contribution is 2.26. The van der Waals surface area contributed by atoms with Crippen molar-refractivity contribution in [2.24, 2.45) is 5.73 Å². The summed E-state index contributed by atoms with van der Waals surface area (Å²) >= 11 is 0. The molecular formula is C19H26ClN5O2. The summed E-state index contributed by atoms with van der Waals surface area (Å²) in [6.07, 6.45) is 5.63. The van der Waals surface area contributed by atoms with E-state index < -0.39 is 6.10 Å². The number of carbonyl (C=O) groups excluding carboxylic acids is 1. The number of aromatic nitrogens is 3. The number of nitrogens with one attached hydrogen (secondary N) is 1. The molecule has 27 heavy (non-hydrogen) atoms. The van der Waals surface area contributed by atoms with Gasteiger partial charge in [-0.15, -0.1) is 22.6 Å². The Labute approximate surface area is 165 Å². The topological polar surface area (TPSA) is 95.1 Å². The van der Waals surface area contributed by atoms with Gasteiger partial charge in [0.2, 0.25) is 0 Å². The van der Waals surface area contributed by atoms with Gasteiger partial charge in [-0.25, -0.2) is 0 Å². The molecule has 1 saturated heterocycles. The van der Waals surface area contributed by atoms with Crippen molar-refractivity contribution in [2.75, 3.05) is 11.9 Å². The van der Waals surface area contributed by atoms with Crippen LogP contribution in [0, 0.1) is 0 Å². The Morgan fingerprint density at radius 2 is 2.15 bits per heavy atom. The molecule has 8 heteroatoms. The average molecular weight is 392 g/mol. The molecule has 2 aliphatic heterocycles. The van der Waals surface area contributed by atoms with Crippen molar-refractivity contribution in [3.8, 4) is 11.4 Å². The number of hydrogen-bond acceptors (Lipinski definition) is 5. The molecule has 1 fully saturated rings. The Hall–Kier alpha value is -1.96. The zero-order valence-corrected chi connectivity index (χ0v) is 16.1. The summed E-state index contributed by atoms with van der Waals surface area (Å²) in [5.41, 5.74) is 7.33. The molecule has 1 aromatic carbocycles. The third-order valence-corrected chi connectivity index (χ3v) is 5.16. The van der Waals surface area contributed by atoms with Crippen molar-refractivity contribution in [1.29, 1.82) is 0 Å². The van der Waals surface area contributed by atoms with Crippen LogP contribution in [0.25, 0.3) is 11.4 Å². The SMILES string of the molecule is Cl.NC[C@H]1CC[C@@H](C(=O)Nc2cccc(-c3nnc4n3CCCCC4)c2)O1. The summed E-state index contributed by atoms with van der Waals surface area (Å²) in [4.78, 5) is 12.4. The average Bonchev–Trinajstić information content (AvgIpc) is 3.24. The largest absolute Gasteiger partial charge is 0.364 e. The van der Waals surface area contributed by atoms with Crippen LogP contribution in [0.3, 0.4) is 0 Å². The molecule has 0 bridgehead atoms. The maximum absolute atomic E-state index is 12.4. The quantitative estimate of drug-likeness (QED) is 0.835. The molecule has 146 valence electrons. The summed E-state index contributed by atoms with van der Waals surface area (Å²) in [7, 11) is 0. The van der Waals surface area contributed by atoms with Gasteiger partial charge in [-0.3, -0.25) is 4.79 Å². The summed E-state index contributed by atoms with van der Waals surface area (Å²) in [6.45, 7) is 1.40. The van der Waals surface area contributed by atoms with E-state index in [0.717, 1.165) is 48.7 Å². The first-order valence-electron chi connectivity index (χ1n) is 9.43. The highest BCUT2D eigenvalue weighted by Gasteiger charge is 2.29. The van der Waals surface area contributed by atoms with Crippen LogP contribution in [0.5, 0.6) is 0 Å². The Morgan fingerprint density at radius 1 is 1.26 bits per heavy atom. The maximum atomic E-state index is 12.4. The minimum absolute atomic E-state index is 0. The predicted molar refractivity (Wildman–Crippen MR) is 106 cm³/mol. The molecule has 0 radical (unpaired) electrons. The van der Waals surface area contributed by atoms with E-state index in [2.05, 4.69) is 20.1 Å². The van der Waals surface area contributed by atoms with Crippen LogP contribution in [0.2, 0.25) is 0 Å². The van der Waals surface area contributed by atoms with Crippen LogP contribution >= 0.6 is 12.4 Å².